The lowest BCUT2D eigenvalue weighted by atomic mass is 9.92. The summed E-state index contributed by atoms with van der Waals surface area (Å²) in [6.07, 6.45) is 4.57. The average molecular weight is 242 g/mol. The summed E-state index contributed by atoms with van der Waals surface area (Å²) in [7, 11) is 0. The SMILES string of the molecule is CC1CC(C(=O)NCC2CCCS2)CCN1. The van der Waals surface area contributed by atoms with Gasteiger partial charge in [0.05, 0.1) is 0 Å². The molecule has 2 heterocycles. The van der Waals surface area contributed by atoms with Gasteiger partial charge < -0.3 is 10.6 Å². The minimum absolute atomic E-state index is 0.239. The van der Waals surface area contributed by atoms with E-state index in [1.54, 1.807) is 0 Å². The highest BCUT2D eigenvalue weighted by Crippen LogP contribution is 2.25. The van der Waals surface area contributed by atoms with Gasteiger partial charge in [-0.05, 0) is 44.9 Å². The van der Waals surface area contributed by atoms with Gasteiger partial charge in [0.1, 0.15) is 0 Å². The summed E-state index contributed by atoms with van der Waals surface area (Å²) in [4.78, 5) is 12.0. The predicted molar refractivity (Wildman–Crippen MR) is 68.7 cm³/mol. The first-order chi connectivity index (χ1) is 7.75. The zero-order chi connectivity index (χ0) is 11.4. The zero-order valence-corrected chi connectivity index (χ0v) is 10.8. The molecule has 2 aliphatic rings. The van der Waals surface area contributed by atoms with Gasteiger partial charge in [-0.25, -0.2) is 0 Å². The summed E-state index contributed by atoms with van der Waals surface area (Å²) in [5, 5.41) is 7.18. The molecule has 0 aromatic carbocycles. The molecule has 2 saturated heterocycles. The zero-order valence-electron chi connectivity index (χ0n) is 10.00. The molecule has 0 aliphatic carbocycles. The van der Waals surface area contributed by atoms with Gasteiger partial charge in [-0.2, -0.15) is 11.8 Å². The lowest BCUT2D eigenvalue weighted by molar-refractivity contribution is -0.126. The fraction of sp³-hybridized carbons (Fsp3) is 0.917. The molecular weight excluding hydrogens is 220 g/mol. The highest BCUT2D eigenvalue weighted by molar-refractivity contribution is 8.00. The van der Waals surface area contributed by atoms with Crippen molar-refractivity contribution >= 4 is 17.7 Å². The van der Waals surface area contributed by atoms with Gasteiger partial charge in [0.15, 0.2) is 0 Å². The third-order valence-corrected chi connectivity index (χ3v) is 4.92. The van der Waals surface area contributed by atoms with Crippen LogP contribution in [0.15, 0.2) is 0 Å². The number of rotatable bonds is 3. The van der Waals surface area contributed by atoms with Crippen molar-refractivity contribution in [1.29, 1.82) is 0 Å². The summed E-state index contributed by atoms with van der Waals surface area (Å²) < 4.78 is 0. The van der Waals surface area contributed by atoms with Crippen LogP contribution in [0.1, 0.15) is 32.6 Å². The normalized spacial score (nSPS) is 34.9. The van der Waals surface area contributed by atoms with Crippen LogP contribution in [0.5, 0.6) is 0 Å². The van der Waals surface area contributed by atoms with E-state index >= 15 is 0 Å². The third-order valence-electron chi connectivity index (χ3n) is 3.52. The monoisotopic (exact) mass is 242 g/mol. The Bertz CT molecular complexity index is 241. The van der Waals surface area contributed by atoms with E-state index in [4.69, 9.17) is 0 Å². The molecule has 0 aromatic rings. The van der Waals surface area contributed by atoms with Gasteiger partial charge in [-0.15, -0.1) is 0 Å². The van der Waals surface area contributed by atoms with Crippen LogP contribution in [0.2, 0.25) is 0 Å². The Kier molecular flexibility index (Phi) is 4.53. The number of nitrogens with one attached hydrogen (secondary N) is 2. The van der Waals surface area contributed by atoms with Gasteiger partial charge >= 0.3 is 0 Å². The predicted octanol–water partition coefficient (Wildman–Crippen LogP) is 1.39. The Morgan fingerprint density at radius 1 is 1.50 bits per heavy atom. The van der Waals surface area contributed by atoms with Crippen molar-refractivity contribution in [1.82, 2.24) is 10.6 Å². The van der Waals surface area contributed by atoms with Crippen LogP contribution < -0.4 is 10.6 Å². The van der Waals surface area contributed by atoms with Crippen LogP contribution >= 0.6 is 11.8 Å². The molecule has 3 nitrogen and oxygen atoms in total. The molecule has 4 heteroatoms. The number of hydrogen-bond donors (Lipinski definition) is 2. The number of carbonyl (C=O) groups is 1. The number of hydrogen-bond acceptors (Lipinski definition) is 3. The number of piperidine rings is 1. The molecule has 2 N–H and O–H groups in total. The first kappa shape index (κ1) is 12.2. The second-order valence-electron chi connectivity index (χ2n) is 4.96. The van der Waals surface area contributed by atoms with Gasteiger partial charge in [0.2, 0.25) is 5.91 Å². The van der Waals surface area contributed by atoms with Gasteiger partial charge in [0, 0.05) is 23.8 Å². The van der Waals surface area contributed by atoms with Crippen LogP contribution in [0.4, 0.5) is 0 Å². The molecular formula is C12H22N2OS. The second-order valence-corrected chi connectivity index (χ2v) is 6.36. The molecule has 16 heavy (non-hydrogen) atoms. The van der Waals surface area contributed by atoms with Crippen molar-refractivity contribution < 1.29 is 4.79 Å². The van der Waals surface area contributed by atoms with E-state index in [-0.39, 0.29) is 11.8 Å². The molecule has 0 saturated carbocycles. The van der Waals surface area contributed by atoms with E-state index in [1.165, 1.54) is 18.6 Å². The van der Waals surface area contributed by atoms with Crippen molar-refractivity contribution in [2.75, 3.05) is 18.8 Å². The smallest absolute Gasteiger partial charge is 0.223 e. The number of thioether (sulfide) groups is 1. The lowest BCUT2D eigenvalue weighted by Crippen LogP contribution is -2.43. The topological polar surface area (TPSA) is 41.1 Å². The van der Waals surface area contributed by atoms with E-state index in [0.717, 1.165) is 25.9 Å². The van der Waals surface area contributed by atoms with Crippen LogP contribution in [0.25, 0.3) is 0 Å². The summed E-state index contributed by atoms with van der Waals surface area (Å²) >= 11 is 2.00. The van der Waals surface area contributed by atoms with Crippen LogP contribution in [0.3, 0.4) is 0 Å². The Morgan fingerprint density at radius 2 is 2.38 bits per heavy atom. The standard InChI is InChI=1S/C12H22N2OS/c1-9-7-10(4-5-13-9)12(15)14-8-11-3-2-6-16-11/h9-11,13H,2-8H2,1H3,(H,14,15). The van der Waals surface area contributed by atoms with E-state index in [0.29, 0.717) is 11.3 Å². The molecule has 2 aliphatic heterocycles. The third kappa shape index (κ3) is 3.39. The van der Waals surface area contributed by atoms with Gasteiger partial charge in [0.25, 0.3) is 0 Å². The van der Waals surface area contributed by atoms with Crippen LogP contribution in [-0.4, -0.2) is 36.0 Å². The number of carbonyl (C=O) groups excluding carboxylic acids is 1. The molecule has 0 aromatic heterocycles. The maximum Gasteiger partial charge on any atom is 0.223 e. The van der Waals surface area contributed by atoms with E-state index in [2.05, 4.69) is 17.6 Å². The Hall–Kier alpha value is -0.220. The maximum absolute atomic E-state index is 12.0. The molecule has 0 spiro atoms. The maximum atomic E-state index is 12.0. The Balaban J connectivity index is 1.70. The van der Waals surface area contributed by atoms with Crippen molar-refractivity contribution in [3.05, 3.63) is 0 Å². The summed E-state index contributed by atoms with van der Waals surface area (Å²) in [6, 6.07) is 0.491. The summed E-state index contributed by atoms with van der Waals surface area (Å²) in [6.45, 7) is 4.02. The van der Waals surface area contributed by atoms with Crippen molar-refractivity contribution in [2.24, 2.45) is 5.92 Å². The molecule has 2 fully saturated rings. The average Bonchev–Trinajstić information content (AvgIpc) is 2.78. The van der Waals surface area contributed by atoms with E-state index < -0.39 is 0 Å². The van der Waals surface area contributed by atoms with Crippen molar-refractivity contribution in [2.45, 2.75) is 43.9 Å². The Morgan fingerprint density at radius 3 is 3.06 bits per heavy atom. The molecule has 2 rings (SSSR count). The first-order valence-corrected chi connectivity index (χ1v) is 7.43. The van der Waals surface area contributed by atoms with Gasteiger partial charge in [-0.3, -0.25) is 4.79 Å². The van der Waals surface area contributed by atoms with Crippen LogP contribution in [0, 0.1) is 5.92 Å². The highest BCUT2D eigenvalue weighted by atomic mass is 32.2. The molecule has 1 amide bonds. The molecule has 92 valence electrons. The fourth-order valence-electron chi connectivity index (χ4n) is 2.53. The highest BCUT2D eigenvalue weighted by Gasteiger charge is 2.25. The van der Waals surface area contributed by atoms with Crippen LogP contribution in [-0.2, 0) is 4.79 Å². The number of amides is 1. The largest absolute Gasteiger partial charge is 0.355 e. The fourth-order valence-corrected chi connectivity index (χ4v) is 3.74. The van der Waals surface area contributed by atoms with E-state index in [1.807, 2.05) is 11.8 Å². The first-order valence-electron chi connectivity index (χ1n) is 6.38. The summed E-state index contributed by atoms with van der Waals surface area (Å²) in [5.74, 6) is 1.79. The lowest BCUT2D eigenvalue weighted by Gasteiger charge is -2.27. The minimum atomic E-state index is 0.239. The quantitative estimate of drug-likeness (QED) is 0.786. The van der Waals surface area contributed by atoms with E-state index in [9.17, 15) is 4.79 Å². The summed E-state index contributed by atoms with van der Waals surface area (Å²) in [5.41, 5.74) is 0. The Labute approximate surface area is 102 Å². The molecule has 0 radical (unpaired) electrons. The van der Waals surface area contributed by atoms with Gasteiger partial charge in [-0.1, -0.05) is 0 Å². The second kappa shape index (κ2) is 5.92. The molecule has 3 unspecified atom stereocenters. The minimum Gasteiger partial charge on any atom is -0.355 e. The molecule has 3 atom stereocenters. The molecule has 0 bridgehead atoms. The van der Waals surface area contributed by atoms with Crippen molar-refractivity contribution in [3.63, 3.8) is 0 Å². The van der Waals surface area contributed by atoms with Crippen molar-refractivity contribution in [3.8, 4) is 0 Å².